The van der Waals surface area contributed by atoms with Crippen LogP contribution in [0.1, 0.15) is 38.2 Å². The Labute approximate surface area is 104 Å². The van der Waals surface area contributed by atoms with Gasteiger partial charge in [0.15, 0.2) is 0 Å². The molecule has 1 aromatic heterocycles. The second-order valence-electron chi connectivity index (χ2n) is 4.75. The molecule has 1 atom stereocenters. The minimum Gasteiger partial charge on any atom is -0.356 e. The van der Waals surface area contributed by atoms with Crippen molar-refractivity contribution < 1.29 is 4.74 Å². The molecule has 0 aromatic carbocycles. The van der Waals surface area contributed by atoms with Gasteiger partial charge in [-0.3, -0.25) is 9.88 Å². The second-order valence-corrected chi connectivity index (χ2v) is 4.75. The second kappa shape index (κ2) is 5.61. The van der Waals surface area contributed by atoms with E-state index in [9.17, 15) is 0 Å². The average molecular weight is 234 g/mol. The number of ether oxygens (including phenoxy) is 1. The normalized spacial score (nSPS) is 26.0. The summed E-state index contributed by atoms with van der Waals surface area (Å²) in [4.78, 5) is 6.45. The third kappa shape index (κ3) is 2.50. The van der Waals surface area contributed by atoms with Crippen molar-refractivity contribution in [1.82, 2.24) is 9.88 Å². The van der Waals surface area contributed by atoms with Gasteiger partial charge in [0.25, 0.3) is 0 Å². The van der Waals surface area contributed by atoms with Gasteiger partial charge < -0.3 is 4.74 Å². The lowest BCUT2D eigenvalue weighted by molar-refractivity contribution is -0.189. The van der Waals surface area contributed by atoms with E-state index in [1.54, 1.807) is 0 Å². The number of hydrogen-bond donors (Lipinski definition) is 0. The predicted molar refractivity (Wildman–Crippen MR) is 68.6 cm³/mol. The molecule has 3 heteroatoms. The number of pyridine rings is 1. The molecule has 17 heavy (non-hydrogen) atoms. The molecule has 0 bridgehead atoms. The Balaban J connectivity index is 2.28. The zero-order valence-corrected chi connectivity index (χ0v) is 10.9. The average Bonchev–Trinajstić information content (AvgIpc) is 2.39. The monoisotopic (exact) mass is 234 g/mol. The fourth-order valence-electron chi connectivity index (χ4n) is 2.57. The first-order valence-corrected chi connectivity index (χ1v) is 6.55. The van der Waals surface area contributed by atoms with Crippen molar-refractivity contribution in [2.45, 2.75) is 38.3 Å². The van der Waals surface area contributed by atoms with Crippen LogP contribution in [0.5, 0.6) is 0 Å². The van der Waals surface area contributed by atoms with E-state index in [1.165, 1.54) is 18.4 Å². The van der Waals surface area contributed by atoms with Crippen LogP contribution in [-0.4, -0.2) is 30.1 Å². The standard InChI is InChI=1S/C14H22N2O/c1-3-4-8-14(13-6-9-15-10-7-13)16(2)11-5-12-17-14/h6-7,9-10H,3-5,8,11-12H2,1-2H3. The maximum Gasteiger partial charge on any atom is 0.147 e. The summed E-state index contributed by atoms with van der Waals surface area (Å²) in [6.45, 7) is 4.19. The van der Waals surface area contributed by atoms with Crippen LogP contribution >= 0.6 is 0 Å². The minimum absolute atomic E-state index is 0.225. The summed E-state index contributed by atoms with van der Waals surface area (Å²) < 4.78 is 6.16. The molecule has 1 aliphatic rings. The Morgan fingerprint density at radius 3 is 2.82 bits per heavy atom. The summed E-state index contributed by atoms with van der Waals surface area (Å²) in [5.74, 6) is 0. The van der Waals surface area contributed by atoms with Crippen LogP contribution in [0, 0.1) is 0 Å². The summed E-state index contributed by atoms with van der Waals surface area (Å²) in [6.07, 6.45) is 8.28. The van der Waals surface area contributed by atoms with Gasteiger partial charge >= 0.3 is 0 Å². The quantitative estimate of drug-likeness (QED) is 0.801. The largest absolute Gasteiger partial charge is 0.356 e. The first kappa shape index (κ1) is 12.5. The fourth-order valence-corrected chi connectivity index (χ4v) is 2.57. The molecule has 1 unspecified atom stereocenters. The van der Waals surface area contributed by atoms with Crippen LogP contribution in [0.2, 0.25) is 0 Å². The van der Waals surface area contributed by atoms with Gasteiger partial charge in [0, 0.05) is 24.5 Å². The zero-order chi connectivity index (χ0) is 12.1. The first-order chi connectivity index (χ1) is 8.29. The molecule has 1 saturated heterocycles. The Morgan fingerprint density at radius 1 is 1.41 bits per heavy atom. The van der Waals surface area contributed by atoms with Gasteiger partial charge in [-0.05, 0) is 38.4 Å². The predicted octanol–water partition coefficient (Wildman–Crippen LogP) is 2.78. The van der Waals surface area contributed by atoms with Crippen molar-refractivity contribution in [2.24, 2.45) is 0 Å². The highest BCUT2D eigenvalue weighted by Crippen LogP contribution is 2.36. The maximum atomic E-state index is 6.16. The molecule has 0 radical (unpaired) electrons. The molecule has 0 saturated carbocycles. The van der Waals surface area contributed by atoms with Gasteiger partial charge in [-0.2, -0.15) is 0 Å². The van der Waals surface area contributed by atoms with E-state index >= 15 is 0 Å². The lowest BCUT2D eigenvalue weighted by Gasteiger charge is -2.45. The third-order valence-corrected chi connectivity index (χ3v) is 3.60. The maximum absolute atomic E-state index is 6.16. The highest BCUT2D eigenvalue weighted by molar-refractivity contribution is 5.19. The summed E-state index contributed by atoms with van der Waals surface area (Å²) in [7, 11) is 2.16. The summed E-state index contributed by atoms with van der Waals surface area (Å²) in [5.41, 5.74) is 1.01. The highest BCUT2D eigenvalue weighted by Gasteiger charge is 2.39. The molecule has 2 rings (SSSR count). The van der Waals surface area contributed by atoms with Crippen molar-refractivity contribution in [3.63, 3.8) is 0 Å². The van der Waals surface area contributed by atoms with Crippen LogP contribution in [0.25, 0.3) is 0 Å². The molecule has 1 fully saturated rings. The summed E-state index contributed by atoms with van der Waals surface area (Å²) in [6, 6.07) is 4.16. The Morgan fingerprint density at radius 2 is 2.18 bits per heavy atom. The fraction of sp³-hybridized carbons (Fsp3) is 0.643. The van der Waals surface area contributed by atoms with E-state index in [-0.39, 0.29) is 5.72 Å². The molecule has 0 spiro atoms. The number of aromatic nitrogens is 1. The van der Waals surface area contributed by atoms with Crippen molar-refractivity contribution in [2.75, 3.05) is 20.2 Å². The molecule has 0 N–H and O–H groups in total. The molecule has 0 amide bonds. The smallest absolute Gasteiger partial charge is 0.147 e. The van der Waals surface area contributed by atoms with Crippen molar-refractivity contribution in [3.05, 3.63) is 30.1 Å². The number of rotatable bonds is 4. The lowest BCUT2D eigenvalue weighted by atomic mass is 9.94. The molecular formula is C14H22N2O. The molecule has 2 heterocycles. The Hall–Kier alpha value is -0.930. The Bertz CT molecular complexity index is 341. The number of nitrogens with zero attached hydrogens (tertiary/aromatic N) is 2. The van der Waals surface area contributed by atoms with E-state index in [2.05, 4.69) is 36.0 Å². The van der Waals surface area contributed by atoms with Crippen LogP contribution in [0.3, 0.4) is 0 Å². The molecular weight excluding hydrogens is 212 g/mol. The van der Waals surface area contributed by atoms with Crippen molar-refractivity contribution >= 4 is 0 Å². The van der Waals surface area contributed by atoms with Gasteiger partial charge in [0.1, 0.15) is 5.72 Å². The topological polar surface area (TPSA) is 25.4 Å². The molecule has 0 aliphatic carbocycles. The first-order valence-electron chi connectivity index (χ1n) is 6.55. The van der Waals surface area contributed by atoms with Gasteiger partial charge in [-0.15, -0.1) is 0 Å². The third-order valence-electron chi connectivity index (χ3n) is 3.60. The van der Waals surface area contributed by atoms with Crippen molar-refractivity contribution in [3.8, 4) is 0 Å². The van der Waals surface area contributed by atoms with E-state index < -0.39 is 0 Å². The van der Waals surface area contributed by atoms with Crippen LogP contribution in [0.4, 0.5) is 0 Å². The van der Waals surface area contributed by atoms with E-state index in [1.807, 2.05) is 12.4 Å². The molecule has 1 aliphatic heterocycles. The SMILES string of the molecule is CCCCC1(c2ccncc2)OCCCN1C. The molecule has 3 nitrogen and oxygen atoms in total. The number of unbranched alkanes of at least 4 members (excludes halogenated alkanes) is 1. The lowest BCUT2D eigenvalue weighted by Crippen LogP contribution is -2.50. The van der Waals surface area contributed by atoms with E-state index in [0.29, 0.717) is 0 Å². The van der Waals surface area contributed by atoms with Crippen molar-refractivity contribution in [1.29, 1.82) is 0 Å². The van der Waals surface area contributed by atoms with E-state index in [0.717, 1.165) is 26.0 Å². The molecule has 94 valence electrons. The number of hydrogen-bond acceptors (Lipinski definition) is 3. The van der Waals surface area contributed by atoms with Gasteiger partial charge in [-0.1, -0.05) is 13.3 Å². The Kier molecular flexibility index (Phi) is 4.13. The highest BCUT2D eigenvalue weighted by atomic mass is 16.5. The van der Waals surface area contributed by atoms with E-state index in [4.69, 9.17) is 4.74 Å². The summed E-state index contributed by atoms with van der Waals surface area (Å²) >= 11 is 0. The summed E-state index contributed by atoms with van der Waals surface area (Å²) in [5, 5.41) is 0. The van der Waals surface area contributed by atoms with Gasteiger partial charge in [0.05, 0.1) is 6.61 Å². The van der Waals surface area contributed by atoms with Gasteiger partial charge in [-0.25, -0.2) is 0 Å². The minimum atomic E-state index is -0.225. The van der Waals surface area contributed by atoms with Gasteiger partial charge in [0.2, 0.25) is 0 Å². The zero-order valence-electron chi connectivity index (χ0n) is 10.9. The van der Waals surface area contributed by atoms with Crippen LogP contribution in [0.15, 0.2) is 24.5 Å². The molecule has 1 aromatic rings. The van der Waals surface area contributed by atoms with Crippen LogP contribution < -0.4 is 0 Å². The van der Waals surface area contributed by atoms with Crippen LogP contribution in [-0.2, 0) is 10.5 Å².